The number of nitrogens with one attached hydrogen (secondary N) is 1. The largest absolute Gasteiger partial charge is 0.494 e. The predicted octanol–water partition coefficient (Wildman–Crippen LogP) is 5.43. The van der Waals surface area contributed by atoms with Crippen LogP contribution in [-0.2, 0) is 6.61 Å². The summed E-state index contributed by atoms with van der Waals surface area (Å²) in [6.07, 6.45) is 0.670. The molecule has 0 aliphatic carbocycles. The summed E-state index contributed by atoms with van der Waals surface area (Å²) in [5.74, 6) is 1.77. The maximum Gasteiger partial charge on any atom is 0.271 e. The van der Waals surface area contributed by atoms with Crippen LogP contribution in [0.4, 0.5) is 4.39 Å². The van der Waals surface area contributed by atoms with E-state index < -0.39 is 0 Å². The van der Waals surface area contributed by atoms with E-state index in [2.05, 4.69) is 10.5 Å². The molecule has 7 heteroatoms. The average molecular weight is 451 g/mol. The Kier molecular flexibility index (Phi) is 7.07. The van der Waals surface area contributed by atoms with Crippen molar-refractivity contribution in [2.24, 2.45) is 5.10 Å². The second-order valence-corrected chi connectivity index (χ2v) is 8.27. The zero-order chi connectivity index (χ0) is 22.3. The monoisotopic (exact) mass is 450 g/mol. The number of hydrogen-bond acceptors (Lipinski definition) is 5. The fourth-order valence-electron chi connectivity index (χ4n) is 3.26. The van der Waals surface area contributed by atoms with Crippen molar-refractivity contribution in [3.8, 4) is 11.5 Å². The van der Waals surface area contributed by atoms with E-state index >= 15 is 0 Å². The second-order valence-electron chi connectivity index (χ2n) is 7.13. The summed E-state index contributed by atoms with van der Waals surface area (Å²) >= 11 is 1.66. The first-order valence-electron chi connectivity index (χ1n) is 10.4. The van der Waals surface area contributed by atoms with E-state index in [4.69, 9.17) is 9.47 Å². The number of hydrazone groups is 1. The molecule has 0 fully saturated rings. The molecule has 164 valence electrons. The van der Waals surface area contributed by atoms with E-state index in [1.807, 2.05) is 43.3 Å². The summed E-state index contributed by atoms with van der Waals surface area (Å²) in [5, 5.41) is 4.26. The minimum atomic E-state index is -0.312. The molecule has 0 bridgehead atoms. The molecule has 0 saturated heterocycles. The zero-order valence-electron chi connectivity index (χ0n) is 17.6. The van der Waals surface area contributed by atoms with Gasteiger partial charge in [-0.1, -0.05) is 12.1 Å². The third-order valence-electron chi connectivity index (χ3n) is 4.90. The highest BCUT2D eigenvalue weighted by molar-refractivity contribution is 7.99. The lowest BCUT2D eigenvalue weighted by molar-refractivity contribution is 0.0954. The molecule has 0 spiro atoms. The van der Waals surface area contributed by atoms with Gasteiger partial charge in [-0.2, -0.15) is 5.10 Å². The lowest BCUT2D eigenvalue weighted by Crippen LogP contribution is -2.21. The van der Waals surface area contributed by atoms with Gasteiger partial charge in [0.05, 0.1) is 12.3 Å². The van der Waals surface area contributed by atoms with Gasteiger partial charge in [-0.15, -0.1) is 11.8 Å². The highest BCUT2D eigenvalue weighted by Crippen LogP contribution is 2.30. The number of ether oxygens (including phenoxy) is 2. The molecule has 1 aliphatic rings. The van der Waals surface area contributed by atoms with Gasteiger partial charge in [-0.25, -0.2) is 9.82 Å². The third-order valence-corrected chi connectivity index (χ3v) is 5.97. The number of benzene rings is 3. The van der Waals surface area contributed by atoms with Crippen molar-refractivity contribution >= 4 is 23.4 Å². The number of amides is 1. The van der Waals surface area contributed by atoms with Crippen LogP contribution in [0.2, 0.25) is 0 Å². The number of halogens is 1. The summed E-state index contributed by atoms with van der Waals surface area (Å²) in [5.41, 5.74) is 5.45. The molecule has 3 aromatic carbocycles. The lowest BCUT2D eigenvalue weighted by atomic mass is 10.1. The topological polar surface area (TPSA) is 59.9 Å². The Labute approximate surface area is 190 Å². The Balaban J connectivity index is 1.34. The molecule has 4 rings (SSSR count). The van der Waals surface area contributed by atoms with Gasteiger partial charge in [0.25, 0.3) is 5.91 Å². The maximum atomic E-state index is 13.6. The standard InChI is InChI=1S/C25H23FN2O3S/c1-2-30-20-8-10-21(11-9-20)31-16-17-3-5-18(6-4-17)25(29)28-27-23-13-14-32-24-12-7-19(26)15-22(23)24/h3-12,15H,2,13-14,16H2,1H3,(H,28,29). The number of carbonyl (C=O) groups is 1. The highest BCUT2D eigenvalue weighted by atomic mass is 32.2. The summed E-state index contributed by atoms with van der Waals surface area (Å²) in [4.78, 5) is 13.5. The quantitative estimate of drug-likeness (QED) is 0.488. The summed E-state index contributed by atoms with van der Waals surface area (Å²) in [6, 6.07) is 19.3. The lowest BCUT2D eigenvalue weighted by Gasteiger charge is -2.17. The molecule has 0 unspecified atom stereocenters. The van der Waals surface area contributed by atoms with E-state index in [1.165, 1.54) is 12.1 Å². The van der Waals surface area contributed by atoms with Crippen molar-refractivity contribution in [1.82, 2.24) is 5.43 Å². The summed E-state index contributed by atoms with van der Waals surface area (Å²) in [6.45, 7) is 2.95. The fraction of sp³-hybridized carbons (Fsp3) is 0.200. The van der Waals surface area contributed by atoms with Crippen LogP contribution in [0.25, 0.3) is 0 Å². The van der Waals surface area contributed by atoms with Gasteiger partial charge in [-0.3, -0.25) is 4.79 Å². The molecule has 0 saturated carbocycles. The van der Waals surface area contributed by atoms with Gasteiger partial charge in [0, 0.05) is 28.2 Å². The SMILES string of the molecule is CCOc1ccc(OCc2ccc(C(=O)NN=C3CCSc4ccc(F)cc43)cc2)cc1. The molecule has 1 heterocycles. The van der Waals surface area contributed by atoms with Crippen LogP contribution < -0.4 is 14.9 Å². The van der Waals surface area contributed by atoms with Gasteiger partial charge in [0.1, 0.15) is 23.9 Å². The van der Waals surface area contributed by atoms with Crippen molar-refractivity contribution in [2.75, 3.05) is 12.4 Å². The van der Waals surface area contributed by atoms with E-state index in [9.17, 15) is 9.18 Å². The predicted molar refractivity (Wildman–Crippen MR) is 124 cm³/mol. The van der Waals surface area contributed by atoms with Crippen molar-refractivity contribution in [3.63, 3.8) is 0 Å². The highest BCUT2D eigenvalue weighted by Gasteiger charge is 2.17. The molecule has 1 N–H and O–H groups in total. The first kappa shape index (κ1) is 21.9. The third kappa shape index (κ3) is 5.48. The van der Waals surface area contributed by atoms with Crippen molar-refractivity contribution in [1.29, 1.82) is 0 Å². The van der Waals surface area contributed by atoms with Crippen LogP contribution in [0.1, 0.15) is 34.8 Å². The molecular weight excluding hydrogens is 427 g/mol. The van der Waals surface area contributed by atoms with Crippen molar-refractivity contribution in [2.45, 2.75) is 24.8 Å². The van der Waals surface area contributed by atoms with E-state index in [-0.39, 0.29) is 11.7 Å². The van der Waals surface area contributed by atoms with Gasteiger partial charge in [0.2, 0.25) is 0 Å². The van der Waals surface area contributed by atoms with Crippen molar-refractivity contribution < 1.29 is 18.7 Å². The van der Waals surface area contributed by atoms with E-state index in [1.54, 1.807) is 30.0 Å². The van der Waals surface area contributed by atoms with E-state index in [0.717, 1.165) is 33.3 Å². The van der Waals surface area contributed by atoms with Crippen LogP contribution in [0, 0.1) is 5.82 Å². The second kappa shape index (κ2) is 10.3. The maximum absolute atomic E-state index is 13.6. The van der Waals surface area contributed by atoms with Crippen LogP contribution in [-0.4, -0.2) is 24.0 Å². The first-order chi connectivity index (χ1) is 15.6. The van der Waals surface area contributed by atoms with Crippen LogP contribution >= 0.6 is 11.8 Å². The number of nitrogens with zero attached hydrogens (tertiary/aromatic N) is 1. The number of rotatable bonds is 7. The molecular formula is C25H23FN2O3S. The Bertz CT molecular complexity index is 1120. The average Bonchev–Trinajstić information content (AvgIpc) is 2.82. The fourth-order valence-corrected chi connectivity index (χ4v) is 4.27. The summed E-state index contributed by atoms with van der Waals surface area (Å²) in [7, 11) is 0. The first-order valence-corrected chi connectivity index (χ1v) is 11.3. The number of thioether (sulfide) groups is 1. The van der Waals surface area contributed by atoms with E-state index in [0.29, 0.717) is 30.9 Å². The molecule has 32 heavy (non-hydrogen) atoms. The molecule has 0 aromatic heterocycles. The van der Waals surface area contributed by atoms with Gasteiger partial charge in [-0.05, 0) is 67.1 Å². The van der Waals surface area contributed by atoms with Crippen LogP contribution in [0.15, 0.2) is 76.7 Å². The molecule has 0 radical (unpaired) electrons. The molecule has 1 amide bonds. The van der Waals surface area contributed by atoms with Gasteiger partial charge < -0.3 is 9.47 Å². The Hall–Kier alpha value is -3.32. The Morgan fingerprint density at radius 3 is 2.47 bits per heavy atom. The molecule has 5 nitrogen and oxygen atoms in total. The normalized spacial score (nSPS) is 14.0. The Morgan fingerprint density at radius 2 is 1.75 bits per heavy atom. The summed E-state index contributed by atoms with van der Waals surface area (Å²) < 4.78 is 24.8. The smallest absolute Gasteiger partial charge is 0.271 e. The Morgan fingerprint density at radius 1 is 1.03 bits per heavy atom. The van der Waals surface area contributed by atoms with Crippen molar-refractivity contribution in [3.05, 3.63) is 89.2 Å². The minimum absolute atomic E-state index is 0.312. The zero-order valence-corrected chi connectivity index (χ0v) is 18.5. The van der Waals surface area contributed by atoms with Gasteiger partial charge in [0.15, 0.2) is 0 Å². The van der Waals surface area contributed by atoms with Crippen LogP contribution in [0.3, 0.4) is 0 Å². The molecule has 0 atom stereocenters. The molecule has 3 aromatic rings. The molecule has 1 aliphatic heterocycles. The van der Waals surface area contributed by atoms with Crippen LogP contribution in [0.5, 0.6) is 11.5 Å². The number of hydrogen-bond donors (Lipinski definition) is 1. The van der Waals surface area contributed by atoms with Gasteiger partial charge >= 0.3 is 0 Å². The minimum Gasteiger partial charge on any atom is -0.494 e. The number of carbonyl (C=O) groups excluding carboxylic acids is 1. The number of fused-ring (bicyclic) bond motifs is 1.